The zero-order valence-electron chi connectivity index (χ0n) is 13.8. The number of carbonyl (C=O) groups is 3. The lowest BCUT2D eigenvalue weighted by molar-refractivity contribution is -0.144. The number of epoxide rings is 1. The van der Waals surface area contributed by atoms with Gasteiger partial charge >= 0.3 is 5.97 Å². The van der Waals surface area contributed by atoms with Crippen LogP contribution in [-0.2, 0) is 23.9 Å². The largest absolute Gasteiger partial charge is 0.464 e. The lowest BCUT2D eigenvalue weighted by Crippen LogP contribution is -2.50. The fourth-order valence-electron chi connectivity index (χ4n) is 2.06. The predicted octanol–water partition coefficient (Wildman–Crippen LogP) is 0.372. The van der Waals surface area contributed by atoms with E-state index in [1.807, 2.05) is 27.7 Å². The van der Waals surface area contributed by atoms with E-state index < -0.39 is 30.1 Å². The van der Waals surface area contributed by atoms with Crippen molar-refractivity contribution in [1.29, 1.82) is 0 Å². The Kier molecular flexibility index (Phi) is 6.80. The first-order chi connectivity index (χ1) is 10.3. The molecular weight excluding hydrogens is 288 g/mol. The van der Waals surface area contributed by atoms with E-state index in [0.29, 0.717) is 6.42 Å². The highest BCUT2D eigenvalue weighted by atomic mass is 16.6. The van der Waals surface area contributed by atoms with Crippen LogP contribution in [-0.4, -0.2) is 48.7 Å². The fourth-order valence-corrected chi connectivity index (χ4v) is 2.06. The molecule has 0 radical (unpaired) electrons. The first-order valence-corrected chi connectivity index (χ1v) is 7.69. The SMILES string of the molecule is CCOC(=O)[C@H]1O[C@@H]1C(=O)N[C@@H](CC(C)C)C(=O)NC(C)C. The smallest absolute Gasteiger partial charge is 0.338 e. The number of hydrogen-bond donors (Lipinski definition) is 2. The minimum Gasteiger partial charge on any atom is -0.464 e. The molecule has 0 bridgehead atoms. The van der Waals surface area contributed by atoms with Gasteiger partial charge in [0.15, 0.2) is 12.2 Å². The zero-order valence-corrected chi connectivity index (χ0v) is 13.8. The normalized spacial score (nSPS) is 21.4. The summed E-state index contributed by atoms with van der Waals surface area (Å²) in [5, 5.41) is 5.44. The second kappa shape index (κ2) is 8.12. The summed E-state index contributed by atoms with van der Waals surface area (Å²) in [4.78, 5) is 35.7. The van der Waals surface area contributed by atoms with E-state index >= 15 is 0 Å². The number of hydrogen-bond acceptors (Lipinski definition) is 5. The van der Waals surface area contributed by atoms with Crippen molar-refractivity contribution in [3.05, 3.63) is 0 Å². The van der Waals surface area contributed by atoms with Crippen LogP contribution in [0.15, 0.2) is 0 Å². The molecule has 1 fully saturated rings. The van der Waals surface area contributed by atoms with Gasteiger partial charge in [0, 0.05) is 6.04 Å². The molecule has 0 unspecified atom stereocenters. The second-order valence-corrected chi connectivity index (χ2v) is 6.08. The van der Waals surface area contributed by atoms with Gasteiger partial charge in [0.25, 0.3) is 5.91 Å². The molecule has 0 spiro atoms. The summed E-state index contributed by atoms with van der Waals surface area (Å²) in [6.45, 7) is 9.57. The third-order valence-corrected chi connectivity index (χ3v) is 3.04. The van der Waals surface area contributed by atoms with Crippen LogP contribution in [0.1, 0.15) is 41.0 Å². The maximum Gasteiger partial charge on any atom is 0.338 e. The van der Waals surface area contributed by atoms with E-state index in [-0.39, 0.29) is 24.5 Å². The summed E-state index contributed by atoms with van der Waals surface area (Å²) in [5.74, 6) is -0.994. The summed E-state index contributed by atoms with van der Waals surface area (Å²) in [7, 11) is 0. The highest BCUT2D eigenvalue weighted by molar-refractivity contribution is 5.95. The average Bonchev–Trinajstić information content (AvgIpc) is 3.17. The van der Waals surface area contributed by atoms with Crippen LogP contribution < -0.4 is 10.6 Å². The molecule has 0 aromatic carbocycles. The van der Waals surface area contributed by atoms with Gasteiger partial charge in [-0.3, -0.25) is 9.59 Å². The summed E-state index contributed by atoms with van der Waals surface area (Å²) >= 11 is 0. The summed E-state index contributed by atoms with van der Waals surface area (Å²) in [6.07, 6.45) is -1.20. The van der Waals surface area contributed by atoms with Gasteiger partial charge in [0.05, 0.1) is 6.61 Å². The molecule has 22 heavy (non-hydrogen) atoms. The van der Waals surface area contributed by atoms with Gasteiger partial charge in [0.2, 0.25) is 5.91 Å². The Morgan fingerprint density at radius 2 is 1.73 bits per heavy atom. The molecule has 7 heteroatoms. The maximum atomic E-state index is 12.1. The number of amides is 2. The van der Waals surface area contributed by atoms with Gasteiger partial charge in [-0.25, -0.2) is 4.79 Å². The lowest BCUT2D eigenvalue weighted by Gasteiger charge is -2.21. The minimum atomic E-state index is -0.861. The highest BCUT2D eigenvalue weighted by Crippen LogP contribution is 2.24. The van der Waals surface area contributed by atoms with Crippen LogP contribution in [0.3, 0.4) is 0 Å². The molecule has 126 valence electrons. The number of carbonyl (C=O) groups excluding carboxylic acids is 3. The number of nitrogens with one attached hydrogen (secondary N) is 2. The monoisotopic (exact) mass is 314 g/mol. The Balaban J connectivity index is 2.57. The van der Waals surface area contributed by atoms with Gasteiger partial charge in [-0.2, -0.15) is 0 Å². The lowest BCUT2D eigenvalue weighted by atomic mass is 10.0. The van der Waals surface area contributed by atoms with E-state index in [2.05, 4.69) is 10.6 Å². The topological polar surface area (TPSA) is 97.0 Å². The summed E-state index contributed by atoms with van der Waals surface area (Å²) < 4.78 is 9.83. The number of esters is 1. The van der Waals surface area contributed by atoms with Crippen molar-refractivity contribution in [3.63, 3.8) is 0 Å². The molecule has 0 aromatic rings. The zero-order chi connectivity index (χ0) is 16.9. The second-order valence-electron chi connectivity index (χ2n) is 6.08. The van der Waals surface area contributed by atoms with E-state index in [9.17, 15) is 14.4 Å². The molecule has 1 heterocycles. The van der Waals surface area contributed by atoms with Gasteiger partial charge < -0.3 is 20.1 Å². The Morgan fingerprint density at radius 1 is 1.09 bits per heavy atom. The number of ether oxygens (including phenoxy) is 2. The number of rotatable bonds is 8. The van der Waals surface area contributed by atoms with Gasteiger partial charge in [-0.1, -0.05) is 13.8 Å². The van der Waals surface area contributed by atoms with E-state index in [0.717, 1.165) is 0 Å². The molecule has 3 atom stereocenters. The molecule has 1 rings (SSSR count). The van der Waals surface area contributed by atoms with Crippen LogP contribution in [0, 0.1) is 5.92 Å². The molecular formula is C15H26N2O5. The van der Waals surface area contributed by atoms with Gasteiger partial charge in [0.1, 0.15) is 6.04 Å². The van der Waals surface area contributed by atoms with Crippen LogP contribution in [0.4, 0.5) is 0 Å². The standard InChI is InChI=1S/C15H26N2O5/c1-6-21-15(20)12-11(22-12)14(19)17-10(7-8(2)3)13(18)16-9(4)5/h8-12H,6-7H2,1-5H3,(H,16,18)(H,17,19)/t10-,11-,12-/m0/s1. The van der Waals surface area contributed by atoms with Gasteiger partial charge in [-0.15, -0.1) is 0 Å². The molecule has 1 aliphatic heterocycles. The third kappa shape index (κ3) is 5.63. The molecule has 0 saturated carbocycles. The molecule has 1 aliphatic rings. The van der Waals surface area contributed by atoms with Crippen LogP contribution in [0.5, 0.6) is 0 Å². The van der Waals surface area contributed by atoms with Gasteiger partial charge in [-0.05, 0) is 33.1 Å². The molecule has 7 nitrogen and oxygen atoms in total. The van der Waals surface area contributed by atoms with Crippen LogP contribution in [0.25, 0.3) is 0 Å². The first-order valence-electron chi connectivity index (χ1n) is 7.69. The van der Waals surface area contributed by atoms with Crippen molar-refractivity contribution < 1.29 is 23.9 Å². The Morgan fingerprint density at radius 3 is 2.23 bits per heavy atom. The summed E-state index contributed by atoms with van der Waals surface area (Å²) in [5.41, 5.74) is 0. The van der Waals surface area contributed by atoms with Crippen molar-refractivity contribution in [2.24, 2.45) is 5.92 Å². The first kappa shape index (κ1) is 18.4. The molecule has 2 amide bonds. The highest BCUT2D eigenvalue weighted by Gasteiger charge is 2.52. The van der Waals surface area contributed by atoms with Crippen LogP contribution in [0.2, 0.25) is 0 Å². The van der Waals surface area contributed by atoms with E-state index in [1.54, 1.807) is 6.92 Å². The third-order valence-electron chi connectivity index (χ3n) is 3.04. The van der Waals surface area contributed by atoms with Crippen molar-refractivity contribution in [2.45, 2.75) is 65.3 Å². The Bertz CT molecular complexity index is 422. The van der Waals surface area contributed by atoms with E-state index in [1.165, 1.54) is 0 Å². The summed E-state index contributed by atoms with van der Waals surface area (Å²) in [6, 6.07) is -0.648. The minimum absolute atomic E-state index is 0.0106. The average molecular weight is 314 g/mol. The molecule has 0 aliphatic carbocycles. The molecule has 2 N–H and O–H groups in total. The van der Waals surface area contributed by atoms with Crippen molar-refractivity contribution >= 4 is 17.8 Å². The van der Waals surface area contributed by atoms with Crippen molar-refractivity contribution in [3.8, 4) is 0 Å². The fraction of sp³-hybridized carbons (Fsp3) is 0.800. The Hall–Kier alpha value is -1.63. The van der Waals surface area contributed by atoms with Crippen LogP contribution >= 0.6 is 0 Å². The Labute approximate surface area is 131 Å². The predicted molar refractivity (Wildman–Crippen MR) is 80.0 cm³/mol. The molecule has 0 aromatic heterocycles. The quantitative estimate of drug-likeness (QED) is 0.498. The van der Waals surface area contributed by atoms with E-state index in [4.69, 9.17) is 9.47 Å². The molecule has 1 saturated heterocycles. The van der Waals surface area contributed by atoms with Crippen molar-refractivity contribution in [2.75, 3.05) is 6.61 Å². The maximum absolute atomic E-state index is 12.1. The van der Waals surface area contributed by atoms with Crippen molar-refractivity contribution in [1.82, 2.24) is 10.6 Å².